The van der Waals surface area contributed by atoms with Crippen LogP contribution in [0, 0.1) is 10.1 Å². The molecule has 0 saturated heterocycles. The molecule has 1 amide bonds. The Labute approximate surface area is 165 Å². The van der Waals surface area contributed by atoms with Gasteiger partial charge in [0, 0.05) is 36.5 Å². The molecule has 0 spiro atoms. The number of amides is 1. The number of nitro groups is 1. The van der Waals surface area contributed by atoms with Gasteiger partial charge in [-0.3, -0.25) is 14.9 Å². The Kier molecular flexibility index (Phi) is 7.95. The molecule has 0 bridgehead atoms. The van der Waals surface area contributed by atoms with E-state index in [0.29, 0.717) is 25.6 Å². The van der Waals surface area contributed by atoms with Gasteiger partial charge in [0.1, 0.15) is 6.54 Å². The van der Waals surface area contributed by atoms with Crippen LogP contribution in [0.4, 0.5) is 11.4 Å². The molecular formula is C21H29N4O3+. The van der Waals surface area contributed by atoms with Gasteiger partial charge in [0.05, 0.1) is 12.0 Å². The number of carbonyl (C=O) groups excluding carboxylic acids is 1. The Morgan fingerprint density at radius 3 is 2.29 bits per heavy atom. The largest absolute Gasteiger partial charge is 0.383 e. The van der Waals surface area contributed by atoms with Crippen molar-refractivity contribution in [2.75, 3.05) is 32.0 Å². The first-order valence-electron chi connectivity index (χ1n) is 9.50. The van der Waals surface area contributed by atoms with Crippen LogP contribution in [0.2, 0.25) is 0 Å². The minimum Gasteiger partial charge on any atom is -0.383 e. The first kappa shape index (κ1) is 21.4. The summed E-state index contributed by atoms with van der Waals surface area (Å²) >= 11 is 0. The van der Waals surface area contributed by atoms with Gasteiger partial charge < -0.3 is 15.5 Å². The Bertz CT molecular complexity index is 773. The van der Waals surface area contributed by atoms with E-state index in [4.69, 9.17) is 0 Å². The molecular weight excluding hydrogens is 356 g/mol. The lowest BCUT2D eigenvalue weighted by molar-refractivity contribution is -0.885. The molecule has 28 heavy (non-hydrogen) atoms. The van der Waals surface area contributed by atoms with Crippen molar-refractivity contribution < 1.29 is 14.6 Å². The summed E-state index contributed by atoms with van der Waals surface area (Å²) in [5.74, 6) is 0.520. The Hall–Kier alpha value is -2.93. The molecule has 2 rings (SSSR count). The lowest BCUT2D eigenvalue weighted by Crippen LogP contribution is -3.08. The van der Waals surface area contributed by atoms with Gasteiger partial charge in [-0.2, -0.15) is 0 Å². The summed E-state index contributed by atoms with van der Waals surface area (Å²) in [6, 6.07) is 14.8. The van der Waals surface area contributed by atoms with Crippen molar-refractivity contribution >= 4 is 17.3 Å². The van der Waals surface area contributed by atoms with Gasteiger partial charge in [0.15, 0.2) is 6.54 Å². The number of benzene rings is 2. The van der Waals surface area contributed by atoms with E-state index in [1.807, 2.05) is 7.05 Å². The molecule has 7 nitrogen and oxygen atoms in total. The molecule has 0 fully saturated rings. The van der Waals surface area contributed by atoms with Crippen LogP contribution in [-0.2, 0) is 11.3 Å². The molecule has 7 heteroatoms. The highest BCUT2D eigenvalue weighted by atomic mass is 16.6. The van der Waals surface area contributed by atoms with Gasteiger partial charge in [-0.25, -0.2) is 0 Å². The minimum atomic E-state index is -0.429. The topological polar surface area (TPSA) is 88.7 Å². The van der Waals surface area contributed by atoms with Crippen LogP contribution in [0.15, 0.2) is 48.5 Å². The fourth-order valence-electron chi connectivity index (χ4n) is 2.88. The van der Waals surface area contributed by atoms with E-state index in [1.165, 1.54) is 23.3 Å². The van der Waals surface area contributed by atoms with Crippen LogP contribution in [-0.4, -0.2) is 37.5 Å². The quantitative estimate of drug-likeness (QED) is 0.331. The average Bonchev–Trinajstić information content (AvgIpc) is 2.66. The average molecular weight is 385 g/mol. The second-order valence-electron chi connectivity index (χ2n) is 7.29. The second-order valence-corrected chi connectivity index (χ2v) is 7.29. The maximum Gasteiger partial charge on any atom is 0.275 e. The third kappa shape index (κ3) is 7.00. The summed E-state index contributed by atoms with van der Waals surface area (Å²) in [7, 11) is 2.01. The highest BCUT2D eigenvalue weighted by Gasteiger charge is 2.10. The number of anilines is 1. The number of nitrogens with one attached hydrogen (secondary N) is 3. The number of quaternary nitrogens is 1. The second kappa shape index (κ2) is 10.4. The van der Waals surface area contributed by atoms with E-state index in [2.05, 4.69) is 48.7 Å². The van der Waals surface area contributed by atoms with Gasteiger partial charge >= 0.3 is 0 Å². The lowest BCUT2D eigenvalue weighted by atomic mass is 10.0. The Morgan fingerprint density at radius 1 is 1.07 bits per heavy atom. The van der Waals surface area contributed by atoms with Crippen LogP contribution in [0.1, 0.15) is 30.9 Å². The number of rotatable bonds is 10. The SMILES string of the molecule is CC(C)c1ccc(C[NH+](C)CC(=O)NCCNc2ccc([N+](=O)[O-])cc2)cc1. The van der Waals surface area contributed by atoms with Gasteiger partial charge in [-0.15, -0.1) is 0 Å². The predicted octanol–water partition coefficient (Wildman–Crippen LogP) is 1.96. The van der Waals surface area contributed by atoms with Gasteiger partial charge in [-0.05, 0) is 23.6 Å². The summed E-state index contributed by atoms with van der Waals surface area (Å²) in [5.41, 5.74) is 3.38. The summed E-state index contributed by atoms with van der Waals surface area (Å²) in [6.45, 7) is 6.60. The summed E-state index contributed by atoms with van der Waals surface area (Å²) < 4.78 is 0. The van der Waals surface area contributed by atoms with Gasteiger partial charge in [0.25, 0.3) is 11.6 Å². The highest BCUT2D eigenvalue weighted by Crippen LogP contribution is 2.15. The molecule has 0 aliphatic carbocycles. The number of carbonyl (C=O) groups is 1. The molecule has 0 aliphatic rings. The molecule has 150 valence electrons. The molecule has 0 aromatic heterocycles. The van der Waals surface area contributed by atoms with E-state index in [-0.39, 0.29) is 11.6 Å². The zero-order valence-electron chi connectivity index (χ0n) is 16.7. The summed E-state index contributed by atoms with van der Waals surface area (Å²) in [5, 5.41) is 16.7. The van der Waals surface area contributed by atoms with Crippen molar-refractivity contribution in [3.8, 4) is 0 Å². The predicted molar refractivity (Wildman–Crippen MR) is 111 cm³/mol. The summed E-state index contributed by atoms with van der Waals surface area (Å²) in [4.78, 5) is 23.4. The van der Waals surface area contributed by atoms with E-state index in [1.54, 1.807) is 12.1 Å². The van der Waals surface area contributed by atoms with Gasteiger partial charge in [-0.1, -0.05) is 38.1 Å². The summed E-state index contributed by atoms with van der Waals surface area (Å²) in [6.07, 6.45) is 0. The molecule has 1 atom stereocenters. The number of likely N-dealkylation sites (N-methyl/N-ethyl adjacent to an activating group) is 1. The van der Waals surface area contributed by atoms with Crippen LogP contribution < -0.4 is 15.5 Å². The lowest BCUT2D eigenvalue weighted by Gasteiger charge is -2.15. The van der Waals surface area contributed by atoms with E-state index >= 15 is 0 Å². The number of nitrogens with zero attached hydrogens (tertiary/aromatic N) is 1. The molecule has 2 aromatic rings. The number of hydrogen-bond acceptors (Lipinski definition) is 4. The van der Waals surface area contributed by atoms with Crippen molar-refractivity contribution in [2.45, 2.75) is 26.3 Å². The first-order chi connectivity index (χ1) is 13.3. The standard InChI is InChI=1S/C21H28N4O3/c1-16(2)18-6-4-17(5-7-18)14-24(3)15-21(26)23-13-12-22-19-8-10-20(11-9-19)25(27)28/h4-11,16,22H,12-15H2,1-3H3,(H,23,26)/p+1. The van der Waals surface area contributed by atoms with Crippen molar-refractivity contribution in [1.82, 2.24) is 5.32 Å². The fourth-order valence-corrected chi connectivity index (χ4v) is 2.88. The van der Waals surface area contributed by atoms with Crippen molar-refractivity contribution in [3.05, 3.63) is 69.8 Å². The normalized spacial score (nSPS) is 11.9. The Morgan fingerprint density at radius 2 is 1.71 bits per heavy atom. The number of non-ortho nitro benzene ring substituents is 1. The molecule has 0 radical (unpaired) electrons. The first-order valence-corrected chi connectivity index (χ1v) is 9.50. The van der Waals surface area contributed by atoms with Crippen LogP contribution in [0.3, 0.4) is 0 Å². The minimum absolute atomic E-state index is 0.00167. The molecule has 1 unspecified atom stereocenters. The van der Waals surface area contributed by atoms with E-state index in [0.717, 1.165) is 17.1 Å². The zero-order chi connectivity index (χ0) is 20.5. The highest BCUT2D eigenvalue weighted by molar-refractivity contribution is 5.76. The van der Waals surface area contributed by atoms with E-state index in [9.17, 15) is 14.9 Å². The third-order valence-electron chi connectivity index (χ3n) is 4.47. The number of hydrogen-bond donors (Lipinski definition) is 3. The Balaban J connectivity index is 1.66. The monoisotopic (exact) mass is 385 g/mol. The zero-order valence-corrected chi connectivity index (χ0v) is 16.7. The molecule has 0 aliphatic heterocycles. The molecule has 0 saturated carbocycles. The van der Waals surface area contributed by atoms with Crippen LogP contribution >= 0.6 is 0 Å². The molecule has 0 heterocycles. The third-order valence-corrected chi connectivity index (χ3v) is 4.47. The van der Waals surface area contributed by atoms with Crippen LogP contribution in [0.5, 0.6) is 0 Å². The smallest absolute Gasteiger partial charge is 0.275 e. The molecule has 3 N–H and O–H groups in total. The van der Waals surface area contributed by atoms with Crippen molar-refractivity contribution in [1.29, 1.82) is 0 Å². The van der Waals surface area contributed by atoms with Crippen molar-refractivity contribution in [2.24, 2.45) is 0 Å². The maximum atomic E-state index is 12.1. The van der Waals surface area contributed by atoms with Gasteiger partial charge in [0.2, 0.25) is 0 Å². The molecule has 2 aromatic carbocycles. The fraction of sp³-hybridized carbons (Fsp3) is 0.381. The van der Waals surface area contributed by atoms with Crippen LogP contribution in [0.25, 0.3) is 0 Å². The van der Waals surface area contributed by atoms with Crippen molar-refractivity contribution in [3.63, 3.8) is 0 Å². The maximum absolute atomic E-state index is 12.1. The van der Waals surface area contributed by atoms with E-state index < -0.39 is 4.92 Å². The number of nitro benzene ring substituents is 1.